The fourth-order valence-electron chi connectivity index (χ4n) is 2.98. The van der Waals surface area contributed by atoms with Crippen molar-refractivity contribution >= 4 is 11.8 Å². The molecule has 9 heteroatoms. The molecule has 1 aromatic heterocycles. The Balaban J connectivity index is 1.78. The third-order valence-corrected chi connectivity index (χ3v) is 4.35. The maximum absolute atomic E-state index is 12.0. The number of nitrogens with zero attached hydrogens (tertiary/aromatic N) is 4. The van der Waals surface area contributed by atoms with E-state index in [-0.39, 0.29) is 36.5 Å². The van der Waals surface area contributed by atoms with Gasteiger partial charge in [-0.25, -0.2) is 4.98 Å². The molecule has 0 spiro atoms. The number of carbonyl (C=O) groups is 1. The van der Waals surface area contributed by atoms with Crippen LogP contribution in [0.4, 0.5) is 0 Å². The van der Waals surface area contributed by atoms with E-state index in [1.54, 1.807) is 51.5 Å². The largest absolute Gasteiger partial charge is 0.497 e. The molecule has 1 amide bonds. The van der Waals surface area contributed by atoms with E-state index in [9.17, 15) is 10.1 Å². The van der Waals surface area contributed by atoms with Crippen molar-refractivity contribution in [3.8, 4) is 17.7 Å². The Bertz CT molecular complexity index is 998. The van der Waals surface area contributed by atoms with Gasteiger partial charge in [-0.05, 0) is 37.3 Å². The van der Waals surface area contributed by atoms with Crippen LogP contribution in [0.2, 0.25) is 0 Å². The number of pyridine rings is 1. The van der Waals surface area contributed by atoms with Crippen LogP contribution in [-0.2, 0) is 20.9 Å². The maximum atomic E-state index is 12.0. The molecule has 2 heterocycles. The van der Waals surface area contributed by atoms with E-state index < -0.39 is 6.23 Å². The van der Waals surface area contributed by atoms with Crippen LogP contribution in [0.1, 0.15) is 35.5 Å². The van der Waals surface area contributed by atoms with Gasteiger partial charge in [0, 0.05) is 30.9 Å². The summed E-state index contributed by atoms with van der Waals surface area (Å²) in [6.07, 6.45) is -0.711. The first-order valence-electron chi connectivity index (χ1n) is 9.17. The monoisotopic (exact) mass is 410 g/mol. The number of carbonyl (C=O) groups excluding carboxylic acids is 1. The van der Waals surface area contributed by atoms with Gasteiger partial charge in [-0.3, -0.25) is 4.79 Å². The first-order chi connectivity index (χ1) is 14.5. The Morgan fingerprint density at radius 3 is 2.60 bits per heavy atom. The number of hydrogen-bond donors (Lipinski definition) is 0. The van der Waals surface area contributed by atoms with Crippen LogP contribution in [0.5, 0.6) is 11.6 Å². The second-order valence-corrected chi connectivity index (χ2v) is 6.54. The summed E-state index contributed by atoms with van der Waals surface area (Å²) in [5.41, 5.74) is 2.39. The van der Waals surface area contributed by atoms with Gasteiger partial charge in [-0.15, -0.1) is 5.10 Å². The van der Waals surface area contributed by atoms with E-state index >= 15 is 0 Å². The minimum absolute atomic E-state index is 0.0893. The molecule has 1 aliphatic rings. The lowest BCUT2D eigenvalue weighted by Gasteiger charge is -2.19. The molecule has 0 fully saturated rings. The molecule has 0 saturated heterocycles. The molecule has 2 aromatic rings. The average Bonchev–Trinajstić information content (AvgIpc) is 3.17. The van der Waals surface area contributed by atoms with Gasteiger partial charge in [0.05, 0.1) is 13.7 Å². The molecule has 0 saturated carbocycles. The molecule has 0 unspecified atom stereocenters. The van der Waals surface area contributed by atoms with Crippen LogP contribution in [0.3, 0.4) is 0 Å². The average molecular weight is 410 g/mol. The maximum Gasteiger partial charge on any atom is 0.247 e. The summed E-state index contributed by atoms with van der Waals surface area (Å²) < 4.78 is 21.9. The zero-order valence-electron chi connectivity index (χ0n) is 17.2. The minimum atomic E-state index is -0.711. The van der Waals surface area contributed by atoms with E-state index in [1.165, 1.54) is 11.9 Å². The number of methoxy groups -OCH3 is 2. The van der Waals surface area contributed by atoms with Gasteiger partial charge in [-0.1, -0.05) is 0 Å². The smallest absolute Gasteiger partial charge is 0.247 e. The van der Waals surface area contributed by atoms with Gasteiger partial charge in [-0.2, -0.15) is 10.3 Å². The fraction of sp³-hybridized carbons (Fsp3) is 0.333. The number of ether oxygens (including phenoxy) is 4. The van der Waals surface area contributed by atoms with Crippen molar-refractivity contribution in [2.45, 2.75) is 26.7 Å². The number of aromatic nitrogens is 1. The molecule has 1 aromatic carbocycles. The molecule has 3 rings (SSSR count). The van der Waals surface area contributed by atoms with Crippen LogP contribution >= 0.6 is 0 Å². The molecular weight excluding hydrogens is 388 g/mol. The zero-order chi connectivity index (χ0) is 21.7. The topological polar surface area (TPSA) is 106 Å². The Morgan fingerprint density at radius 2 is 2.00 bits per heavy atom. The summed E-state index contributed by atoms with van der Waals surface area (Å²) in [7, 11) is 3.13. The lowest BCUT2D eigenvalue weighted by molar-refractivity contribution is -0.135. The van der Waals surface area contributed by atoms with Crippen molar-refractivity contribution in [2.24, 2.45) is 5.10 Å². The second kappa shape index (κ2) is 9.24. The summed E-state index contributed by atoms with van der Waals surface area (Å²) >= 11 is 0. The molecule has 30 heavy (non-hydrogen) atoms. The van der Waals surface area contributed by atoms with Crippen molar-refractivity contribution in [3.63, 3.8) is 0 Å². The first kappa shape index (κ1) is 21.1. The Kier molecular flexibility index (Phi) is 6.49. The van der Waals surface area contributed by atoms with Gasteiger partial charge in [0.1, 0.15) is 17.4 Å². The third kappa shape index (κ3) is 4.50. The van der Waals surface area contributed by atoms with Crippen LogP contribution in [0, 0.1) is 18.3 Å². The van der Waals surface area contributed by atoms with E-state index in [0.29, 0.717) is 17.0 Å². The van der Waals surface area contributed by atoms with Crippen molar-refractivity contribution in [3.05, 3.63) is 52.7 Å². The molecule has 0 aliphatic carbocycles. The highest BCUT2D eigenvalue weighted by atomic mass is 16.6. The third-order valence-electron chi connectivity index (χ3n) is 4.35. The molecule has 9 nitrogen and oxygen atoms in total. The number of benzene rings is 1. The van der Waals surface area contributed by atoms with Gasteiger partial charge >= 0.3 is 0 Å². The quantitative estimate of drug-likeness (QED) is 0.691. The number of hydrazone groups is 1. The number of rotatable bonds is 7. The fourth-order valence-corrected chi connectivity index (χ4v) is 2.98. The zero-order valence-corrected chi connectivity index (χ0v) is 17.2. The van der Waals surface area contributed by atoms with Crippen molar-refractivity contribution in [1.82, 2.24) is 9.99 Å². The lowest BCUT2D eigenvalue weighted by Crippen LogP contribution is -2.25. The van der Waals surface area contributed by atoms with E-state index in [1.807, 2.05) is 0 Å². The molecule has 0 radical (unpaired) electrons. The first-order valence-corrected chi connectivity index (χ1v) is 9.17. The number of amides is 1. The predicted molar refractivity (Wildman–Crippen MR) is 107 cm³/mol. The highest BCUT2D eigenvalue weighted by molar-refractivity contribution is 5.83. The number of nitriles is 1. The van der Waals surface area contributed by atoms with E-state index in [0.717, 1.165) is 5.56 Å². The van der Waals surface area contributed by atoms with E-state index in [4.69, 9.17) is 18.9 Å². The van der Waals surface area contributed by atoms with Gasteiger partial charge in [0.2, 0.25) is 23.9 Å². The van der Waals surface area contributed by atoms with Crippen molar-refractivity contribution < 1.29 is 23.7 Å². The molecule has 1 aliphatic heterocycles. The van der Waals surface area contributed by atoms with Gasteiger partial charge in [0.15, 0.2) is 6.61 Å². The lowest BCUT2D eigenvalue weighted by atomic mass is 10.1. The molecule has 0 N–H and O–H groups in total. The minimum Gasteiger partial charge on any atom is -0.497 e. The second-order valence-electron chi connectivity index (χ2n) is 6.54. The van der Waals surface area contributed by atoms with Crippen molar-refractivity contribution in [2.75, 3.05) is 20.8 Å². The summed E-state index contributed by atoms with van der Waals surface area (Å²) in [5.74, 6) is 0.779. The predicted octanol–water partition coefficient (Wildman–Crippen LogP) is 2.69. The summed E-state index contributed by atoms with van der Waals surface area (Å²) in [6.45, 7) is 3.37. The van der Waals surface area contributed by atoms with Crippen LogP contribution in [0.15, 0.2) is 35.4 Å². The summed E-state index contributed by atoms with van der Waals surface area (Å²) in [5, 5.41) is 15.0. The normalized spacial score (nSPS) is 15.2. The van der Waals surface area contributed by atoms with Crippen LogP contribution in [0.25, 0.3) is 0 Å². The van der Waals surface area contributed by atoms with Crippen molar-refractivity contribution in [1.29, 1.82) is 5.26 Å². The Morgan fingerprint density at radius 1 is 1.27 bits per heavy atom. The van der Waals surface area contributed by atoms with Crippen LogP contribution in [-0.4, -0.2) is 42.6 Å². The highest BCUT2D eigenvalue weighted by Gasteiger charge is 2.33. The molecule has 0 bridgehead atoms. The standard InChI is InChI=1S/C21H22N4O5/c1-13-9-16(11-27-3)18(10-22)20(23-13)29-12-19-24-25(14(2)26)21(30-19)15-5-7-17(28-4)8-6-15/h5-9,21H,11-12H2,1-4H3/t21-/m1/s1. The van der Waals surface area contributed by atoms with Crippen LogP contribution < -0.4 is 9.47 Å². The highest BCUT2D eigenvalue weighted by Crippen LogP contribution is 2.30. The SMILES string of the molecule is COCc1cc(C)nc(OCC2=NN(C(C)=O)[C@@H](c3ccc(OC)cc3)O2)c1C#N. The Hall–Kier alpha value is -3.64. The number of aryl methyl sites for hydroxylation is 1. The molecule has 1 atom stereocenters. The number of hydrogen-bond acceptors (Lipinski definition) is 8. The molecule has 156 valence electrons. The molecular formula is C21H22N4O5. The summed E-state index contributed by atoms with van der Waals surface area (Å²) in [6, 6.07) is 11.0. The van der Waals surface area contributed by atoms with Gasteiger partial charge < -0.3 is 18.9 Å². The van der Waals surface area contributed by atoms with Gasteiger partial charge in [0.25, 0.3) is 0 Å². The summed E-state index contributed by atoms with van der Waals surface area (Å²) in [4.78, 5) is 16.3. The Labute approximate surface area is 174 Å². The van der Waals surface area contributed by atoms with E-state index in [2.05, 4.69) is 16.2 Å².